The number of thiophene rings is 1. The third kappa shape index (κ3) is 2.03. The first-order valence-electron chi connectivity index (χ1n) is 3.79. The van der Waals surface area contributed by atoms with Crippen LogP contribution in [0.5, 0.6) is 0 Å². The van der Waals surface area contributed by atoms with E-state index in [2.05, 4.69) is 15.9 Å². The molecule has 0 spiro atoms. The van der Waals surface area contributed by atoms with Crippen molar-refractivity contribution in [1.82, 2.24) is 0 Å². The number of rotatable bonds is 2. The predicted octanol–water partition coefficient (Wildman–Crippen LogP) is 2.58. The van der Waals surface area contributed by atoms with Crippen molar-refractivity contribution in [2.45, 2.75) is 13.8 Å². The number of hydrogen-bond donors (Lipinski definition) is 1. The molecule has 0 unspecified atom stereocenters. The summed E-state index contributed by atoms with van der Waals surface area (Å²) in [5, 5.41) is 0.503. The molecule has 0 amide bonds. The number of ether oxygens (including phenoxy) is 1. The number of nitrogen functional groups attached to an aromatic ring is 1. The minimum atomic E-state index is -0.348. The highest BCUT2D eigenvalue weighted by Gasteiger charge is 2.18. The Morgan fingerprint density at radius 3 is 2.69 bits per heavy atom. The van der Waals surface area contributed by atoms with Gasteiger partial charge in [-0.1, -0.05) is 0 Å². The number of anilines is 1. The fourth-order valence-corrected chi connectivity index (χ4v) is 2.47. The van der Waals surface area contributed by atoms with Crippen molar-refractivity contribution in [1.29, 1.82) is 0 Å². The van der Waals surface area contributed by atoms with Gasteiger partial charge >= 0.3 is 5.97 Å². The van der Waals surface area contributed by atoms with E-state index < -0.39 is 0 Å². The van der Waals surface area contributed by atoms with Crippen molar-refractivity contribution in [2.75, 3.05) is 12.3 Å². The molecular weight excluding hydrogens is 254 g/mol. The van der Waals surface area contributed by atoms with E-state index in [0.717, 1.165) is 9.35 Å². The maximum Gasteiger partial charge on any atom is 0.341 e. The molecule has 0 saturated carbocycles. The molecule has 0 aromatic carbocycles. The van der Waals surface area contributed by atoms with Crippen LogP contribution in [0.15, 0.2) is 3.79 Å². The molecule has 1 aromatic heterocycles. The zero-order valence-corrected chi connectivity index (χ0v) is 9.79. The van der Waals surface area contributed by atoms with E-state index >= 15 is 0 Å². The summed E-state index contributed by atoms with van der Waals surface area (Å²) in [6.45, 7) is 3.97. The van der Waals surface area contributed by atoms with E-state index in [1.165, 1.54) is 11.3 Å². The molecule has 3 nitrogen and oxygen atoms in total. The highest BCUT2D eigenvalue weighted by Crippen LogP contribution is 2.34. The molecule has 0 saturated heterocycles. The number of halogens is 1. The fraction of sp³-hybridized carbons (Fsp3) is 0.375. The van der Waals surface area contributed by atoms with Crippen LogP contribution in [0, 0.1) is 6.92 Å². The van der Waals surface area contributed by atoms with Crippen LogP contribution in [0.25, 0.3) is 0 Å². The van der Waals surface area contributed by atoms with Crippen molar-refractivity contribution >= 4 is 38.2 Å². The van der Waals surface area contributed by atoms with Gasteiger partial charge in [-0.15, -0.1) is 11.3 Å². The average molecular weight is 264 g/mol. The Kier molecular flexibility index (Phi) is 3.33. The Balaban J connectivity index is 3.06. The van der Waals surface area contributed by atoms with Gasteiger partial charge in [0.1, 0.15) is 5.00 Å². The van der Waals surface area contributed by atoms with Crippen LogP contribution in [0.1, 0.15) is 22.8 Å². The minimum absolute atomic E-state index is 0.348. The first-order valence-corrected chi connectivity index (χ1v) is 5.40. The Hall–Kier alpha value is -0.550. The standard InChI is InChI=1S/C8H10BrNO2S/c1-3-12-8(11)5-4(2)6(9)13-7(5)10/h3,10H2,1-2H3. The lowest BCUT2D eigenvalue weighted by molar-refractivity contribution is 0.0527. The van der Waals surface area contributed by atoms with Crippen LogP contribution in [0.4, 0.5) is 5.00 Å². The van der Waals surface area contributed by atoms with Crippen LogP contribution >= 0.6 is 27.3 Å². The van der Waals surface area contributed by atoms with Crippen molar-refractivity contribution in [3.05, 3.63) is 14.9 Å². The average Bonchev–Trinajstić information content (AvgIpc) is 2.27. The Morgan fingerprint density at radius 2 is 2.31 bits per heavy atom. The smallest absolute Gasteiger partial charge is 0.341 e. The second-order valence-electron chi connectivity index (χ2n) is 2.46. The van der Waals surface area contributed by atoms with Gasteiger partial charge in [0.15, 0.2) is 0 Å². The predicted molar refractivity (Wildman–Crippen MR) is 57.1 cm³/mol. The topological polar surface area (TPSA) is 52.3 Å². The Bertz CT molecular complexity index is 335. The van der Waals surface area contributed by atoms with Crippen LogP contribution in [-0.4, -0.2) is 12.6 Å². The number of carbonyl (C=O) groups is 1. The lowest BCUT2D eigenvalue weighted by atomic mass is 10.2. The molecule has 0 radical (unpaired) electrons. The molecule has 0 aliphatic rings. The minimum Gasteiger partial charge on any atom is -0.462 e. The second kappa shape index (κ2) is 4.11. The van der Waals surface area contributed by atoms with Crippen LogP contribution in [0.2, 0.25) is 0 Å². The number of carbonyl (C=O) groups excluding carboxylic acids is 1. The number of hydrogen-bond acceptors (Lipinski definition) is 4. The fourth-order valence-electron chi connectivity index (χ4n) is 0.964. The molecule has 1 aromatic rings. The normalized spacial score (nSPS) is 10.1. The molecule has 0 atom stereocenters. The molecule has 0 aliphatic carbocycles. The van der Waals surface area contributed by atoms with Gasteiger partial charge in [-0.2, -0.15) is 0 Å². The molecule has 0 bridgehead atoms. The van der Waals surface area contributed by atoms with Gasteiger partial charge in [-0.05, 0) is 35.3 Å². The quantitative estimate of drug-likeness (QED) is 0.835. The summed E-state index contributed by atoms with van der Waals surface area (Å²) < 4.78 is 5.75. The summed E-state index contributed by atoms with van der Waals surface area (Å²) >= 11 is 4.66. The summed E-state index contributed by atoms with van der Waals surface area (Å²) in [5.74, 6) is -0.348. The number of esters is 1. The maximum atomic E-state index is 11.4. The molecule has 2 N–H and O–H groups in total. The zero-order valence-electron chi connectivity index (χ0n) is 7.39. The lowest BCUT2D eigenvalue weighted by Crippen LogP contribution is -2.07. The molecule has 13 heavy (non-hydrogen) atoms. The van der Waals surface area contributed by atoms with Crippen LogP contribution in [0.3, 0.4) is 0 Å². The molecule has 72 valence electrons. The second-order valence-corrected chi connectivity index (χ2v) is 4.83. The Morgan fingerprint density at radius 1 is 1.69 bits per heavy atom. The van der Waals surface area contributed by atoms with E-state index in [0.29, 0.717) is 17.2 Å². The summed E-state index contributed by atoms with van der Waals surface area (Å²) in [4.78, 5) is 11.4. The third-order valence-electron chi connectivity index (χ3n) is 1.60. The SMILES string of the molecule is CCOC(=O)c1c(N)sc(Br)c1C. The summed E-state index contributed by atoms with van der Waals surface area (Å²) in [7, 11) is 0. The van der Waals surface area contributed by atoms with E-state index in [1.54, 1.807) is 6.92 Å². The van der Waals surface area contributed by atoms with Gasteiger partial charge in [-0.25, -0.2) is 4.79 Å². The van der Waals surface area contributed by atoms with Gasteiger partial charge in [0.2, 0.25) is 0 Å². The van der Waals surface area contributed by atoms with Gasteiger partial charge in [-0.3, -0.25) is 0 Å². The maximum absolute atomic E-state index is 11.4. The van der Waals surface area contributed by atoms with Crippen molar-refractivity contribution in [3.8, 4) is 0 Å². The van der Waals surface area contributed by atoms with Gasteiger partial charge in [0.05, 0.1) is 16.0 Å². The van der Waals surface area contributed by atoms with Crippen LogP contribution < -0.4 is 5.73 Å². The van der Waals surface area contributed by atoms with Crippen molar-refractivity contribution in [3.63, 3.8) is 0 Å². The van der Waals surface area contributed by atoms with Crippen LogP contribution in [-0.2, 0) is 4.74 Å². The molecule has 1 heterocycles. The molecule has 0 fully saturated rings. The summed E-state index contributed by atoms with van der Waals surface area (Å²) in [5.41, 5.74) is 6.99. The molecule has 5 heteroatoms. The summed E-state index contributed by atoms with van der Waals surface area (Å²) in [6, 6.07) is 0. The third-order valence-corrected chi connectivity index (χ3v) is 3.59. The summed E-state index contributed by atoms with van der Waals surface area (Å²) in [6.07, 6.45) is 0. The highest BCUT2D eigenvalue weighted by molar-refractivity contribution is 9.11. The lowest BCUT2D eigenvalue weighted by Gasteiger charge is -2.01. The molecular formula is C8H10BrNO2S. The monoisotopic (exact) mass is 263 g/mol. The van der Waals surface area contributed by atoms with E-state index in [1.807, 2.05) is 6.92 Å². The van der Waals surface area contributed by atoms with Gasteiger partial charge < -0.3 is 10.5 Å². The number of nitrogens with two attached hydrogens (primary N) is 1. The van der Waals surface area contributed by atoms with Crippen molar-refractivity contribution < 1.29 is 9.53 Å². The van der Waals surface area contributed by atoms with E-state index in [-0.39, 0.29) is 5.97 Å². The Labute approximate surface area is 89.0 Å². The molecule has 0 aliphatic heterocycles. The first-order chi connectivity index (χ1) is 6.07. The van der Waals surface area contributed by atoms with Gasteiger partial charge in [0.25, 0.3) is 0 Å². The van der Waals surface area contributed by atoms with Gasteiger partial charge in [0, 0.05) is 0 Å². The first kappa shape index (κ1) is 10.5. The largest absolute Gasteiger partial charge is 0.462 e. The molecule has 1 rings (SSSR count). The van der Waals surface area contributed by atoms with E-state index in [9.17, 15) is 4.79 Å². The van der Waals surface area contributed by atoms with Crippen molar-refractivity contribution in [2.24, 2.45) is 0 Å². The highest BCUT2D eigenvalue weighted by atomic mass is 79.9. The van der Waals surface area contributed by atoms with E-state index in [4.69, 9.17) is 10.5 Å². The zero-order chi connectivity index (χ0) is 10.0.